The van der Waals surface area contributed by atoms with Gasteiger partial charge in [0, 0.05) is 23.6 Å². The number of carbonyl (C=O) groups is 1. The molecule has 96 valence electrons. The maximum absolute atomic E-state index is 13.9. The van der Waals surface area contributed by atoms with Crippen LogP contribution in [0.2, 0.25) is 0 Å². The van der Waals surface area contributed by atoms with Crippen LogP contribution in [0.3, 0.4) is 0 Å². The van der Waals surface area contributed by atoms with E-state index in [0.717, 1.165) is 18.9 Å². The molecule has 0 atom stereocenters. The summed E-state index contributed by atoms with van der Waals surface area (Å²) in [5.41, 5.74) is -0.940. The van der Waals surface area contributed by atoms with Gasteiger partial charge in [-0.15, -0.1) is 0 Å². The lowest BCUT2D eigenvalue weighted by atomic mass is 10.1. The van der Waals surface area contributed by atoms with Crippen molar-refractivity contribution < 1.29 is 14.1 Å². The first kappa shape index (κ1) is 12.9. The van der Waals surface area contributed by atoms with Crippen LogP contribution in [-0.4, -0.2) is 28.8 Å². The van der Waals surface area contributed by atoms with Gasteiger partial charge in [0.15, 0.2) is 0 Å². The second-order valence-electron chi connectivity index (χ2n) is 4.04. The summed E-state index contributed by atoms with van der Waals surface area (Å²) in [7, 11) is 0. The van der Waals surface area contributed by atoms with Gasteiger partial charge in [-0.25, -0.2) is 0 Å². The first-order valence-corrected chi connectivity index (χ1v) is 6.22. The third kappa shape index (κ3) is 2.35. The molecule has 1 amide bonds. The SMILES string of the molecule is O=C(c1cc(Br)cc([N+](=O)[O-])c1F)N1CCCC1. The molecule has 1 heterocycles. The molecular formula is C11H10BrFN2O3. The van der Waals surface area contributed by atoms with Gasteiger partial charge in [0.25, 0.3) is 5.91 Å². The third-order valence-corrected chi connectivity index (χ3v) is 3.30. The summed E-state index contributed by atoms with van der Waals surface area (Å²) in [6.45, 7) is 1.14. The van der Waals surface area contributed by atoms with Crippen molar-refractivity contribution in [3.05, 3.63) is 38.1 Å². The molecule has 0 saturated carbocycles. The molecule has 1 aromatic carbocycles. The number of nitro groups is 1. The van der Waals surface area contributed by atoms with E-state index in [1.165, 1.54) is 11.0 Å². The van der Waals surface area contributed by atoms with Crippen LogP contribution >= 0.6 is 15.9 Å². The van der Waals surface area contributed by atoms with Crippen molar-refractivity contribution in [1.29, 1.82) is 0 Å². The Morgan fingerprint density at radius 2 is 2.00 bits per heavy atom. The average Bonchev–Trinajstić information content (AvgIpc) is 2.84. The highest BCUT2D eigenvalue weighted by Crippen LogP contribution is 2.27. The monoisotopic (exact) mass is 316 g/mol. The van der Waals surface area contributed by atoms with Crippen molar-refractivity contribution in [1.82, 2.24) is 4.90 Å². The fourth-order valence-corrected chi connectivity index (χ4v) is 2.40. The van der Waals surface area contributed by atoms with E-state index in [9.17, 15) is 19.3 Å². The molecule has 1 saturated heterocycles. The summed E-state index contributed by atoms with van der Waals surface area (Å²) in [6, 6.07) is 2.33. The van der Waals surface area contributed by atoms with Gasteiger partial charge in [0.1, 0.15) is 0 Å². The molecule has 18 heavy (non-hydrogen) atoms. The fourth-order valence-electron chi connectivity index (χ4n) is 1.95. The van der Waals surface area contributed by atoms with Gasteiger partial charge in [-0.05, 0) is 18.9 Å². The smallest absolute Gasteiger partial charge is 0.306 e. The van der Waals surface area contributed by atoms with Crippen molar-refractivity contribution in [3.63, 3.8) is 0 Å². The Balaban J connectivity index is 2.43. The number of nitrogens with zero attached hydrogens (tertiary/aromatic N) is 2. The molecule has 0 aromatic heterocycles. The number of rotatable bonds is 2. The number of amides is 1. The molecule has 2 rings (SSSR count). The van der Waals surface area contributed by atoms with Crippen molar-refractivity contribution in [2.24, 2.45) is 0 Å². The molecule has 7 heteroatoms. The molecule has 1 fully saturated rings. The zero-order chi connectivity index (χ0) is 13.3. The second kappa shape index (κ2) is 5.01. The minimum Gasteiger partial charge on any atom is -0.339 e. The third-order valence-electron chi connectivity index (χ3n) is 2.84. The minimum atomic E-state index is -1.07. The molecule has 0 aliphatic carbocycles. The molecule has 0 spiro atoms. The Morgan fingerprint density at radius 1 is 1.39 bits per heavy atom. The van der Waals surface area contributed by atoms with Crippen LogP contribution in [0.25, 0.3) is 0 Å². The first-order chi connectivity index (χ1) is 8.50. The molecule has 0 radical (unpaired) electrons. The number of carbonyl (C=O) groups excluding carboxylic acids is 1. The molecule has 1 aliphatic rings. The maximum Gasteiger partial charge on any atom is 0.306 e. The summed E-state index contributed by atoms with van der Waals surface area (Å²) >= 11 is 3.05. The number of likely N-dealkylation sites (tertiary alicyclic amines) is 1. The van der Waals surface area contributed by atoms with Gasteiger partial charge in [-0.3, -0.25) is 14.9 Å². The quantitative estimate of drug-likeness (QED) is 0.622. The Bertz CT molecular complexity index is 515. The zero-order valence-electron chi connectivity index (χ0n) is 9.36. The lowest BCUT2D eigenvalue weighted by Crippen LogP contribution is -2.28. The number of hydrogen-bond acceptors (Lipinski definition) is 3. The lowest BCUT2D eigenvalue weighted by molar-refractivity contribution is -0.387. The van der Waals surface area contributed by atoms with Crippen LogP contribution in [0.1, 0.15) is 23.2 Å². The number of halogens is 2. The van der Waals surface area contributed by atoms with Crippen molar-refractivity contribution in [2.45, 2.75) is 12.8 Å². The largest absolute Gasteiger partial charge is 0.339 e. The Morgan fingerprint density at radius 3 is 2.56 bits per heavy atom. The molecule has 1 aromatic rings. The summed E-state index contributed by atoms with van der Waals surface area (Å²) < 4.78 is 14.2. The second-order valence-corrected chi connectivity index (χ2v) is 4.96. The minimum absolute atomic E-state index is 0.252. The predicted molar refractivity (Wildman–Crippen MR) is 65.9 cm³/mol. The van der Waals surface area contributed by atoms with E-state index in [1.807, 2.05) is 0 Å². The van der Waals surface area contributed by atoms with Gasteiger partial charge in [0.05, 0.1) is 10.5 Å². The van der Waals surface area contributed by atoms with E-state index in [4.69, 9.17) is 0 Å². The molecule has 0 N–H and O–H groups in total. The van der Waals surface area contributed by atoms with E-state index < -0.39 is 22.3 Å². The normalized spacial score (nSPS) is 14.9. The van der Waals surface area contributed by atoms with Crippen LogP contribution < -0.4 is 0 Å². The topological polar surface area (TPSA) is 63.4 Å². The van der Waals surface area contributed by atoms with E-state index >= 15 is 0 Å². The van der Waals surface area contributed by atoms with Gasteiger partial charge < -0.3 is 4.90 Å². The number of hydrogen-bond donors (Lipinski definition) is 0. The first-order valence-electron chi connectivity index (χ1n) is 5.43. The van der Waals surface area contributed by atoms with Gasteiger partial charge >= 0.3 is 5.69 Å². The van der Waals surface area contributed by atoms with E-state index in [2.05, 4.69) is 15.9 Å². The highest BCUT2D eigenvalue weighted by atomic mass is 79.9. The highest BCUT2D eigenvalue weighted by molar-refractivity contribution is 9.10. The average molecular weight is 317 g/mol. The van der Waals surface area contributed by atoms with E-state index in [0.29, 0.717) is 17.6 Å². The van der Waals surface area contributed by atoms with Crippen LogP contribution in [0, 0.1) is 15.9 Å². The predicted octanol–water partition coefficient (Wildman–Crippen LogP) is 2.73. The van der Waals surface area contributed by atoms with E-state index in [-0.39, 0.29) is 5.56 Å². The zero-order valence-corrected chi connectivity index (χ0v) is 10.9. The molecule has 0 unspecified atom stereocenters. The van der Waals surface area contributed by atoms with Crippen LogP contribution in [0.5, 0.6) is 0 Å². The summed E-state index contributed by atoms with van der Waals surface area (Å²) in [6.07, 6.45) is 1.76. The summed E-state index contributed by atoms with van der Waals surface area (Å²) in [4.78, 5) is 23.4. The Labute approximate surface area is 111 Å². The number of benzene rings is 1. The molecule has 0 bridgehead atoms. The number of nitro benzene ring substituents is 1. The van der Waals surface area contributed by atoms with Crippen LogP contribution in [-0.2, 0) is 0 Å². The lowest BCUT2D eigenvalue weighted by Gasteiger charge is -2.15. The van der Waals surface area contributed by atoms with Crippen LogP contribution in [0.15, 0.2) is 16.6 Å². The summed E-state index contributed by atoms with van der Waals surface area (Å²) in [5, 5.41) is 10.7. The van der Waals surface area contributed by atoms with Gasteiger partial charge in [0.2, 0.25) is 5.82 Å². The highest BCUT2D eigenvalue weighted by Gasteiger charge is 2.27. The maximum atomic E-state index is 13.9. The van der Waals surface area contributed by atoms with Crippen molar-refractivity contribution in [2.75, 3.05) is 13.1 Å². The summed E-state index contributed by atoms with van der Waals surface area (Å²) in [5.74, 6) is -1.56. The standard InChI is InChI=1S/C11H10BrFN2O3/c12-7-5-8(10(13)9(6-7)15(17)18)11(16)14-3-1-2-4-14/h5-6H,1-4H2. The van der Waals surface area contributed by atoms with Gasteiger partial charge in [-0.1, -0.05) is 15.9 Å². The molecular weight excluding hydrogens is 307 g/mol. The van der Waals surface area contributed by atoms with Crippen molar-refractivity contribution >= 4 is 27.5 Å². The van der Waals surface area contributed by atoms with E-state index in [1.54, 1.807) is 0 Å². The van der Waals surface area contributed by atoms with Crippen LogP contribution in [0.4, 0.5) is 10.1 Å². The Kier molecular flexibility index (Phi) is 3.60. The van der Waals surface area contributed by atoms with Crippen molar-refractivity contribution in [3.8, 4) is 0 Å². The fraction of sp³-hybridized carbons (Fsp3) is 0.364. The molecule has 5 nitrogen and oxygen atoms in total. The Hall–Kier alpha value is -1.50. The molecule has 1 aliphatic heterocycles. The van der Waals surface area contributed by atoms with Gasteiger partial charge in [-0.2, -0.15) is 4.39 Å².